The van der Waals surface area contributed by atoms with Crippen molar-refractivity contribution >= 4 is 27.5 Å². The first-order valence-corrected chi connectivity index (χ1v) is 6.04. The maximum atomic E-state index is 5.72. The second-order valence-corrected chi connectivity index (χ2v) is 4.40. The number of hydrogen-bond donors (Lipinski definition) is 0. The quantitative estimate of drug-likeness (QED) is 0.785. The number of hydrogen-bond acceptors (Lipinski definition) is 2. The van der Waals surface area contributed by atoms with E-state index in [0.717, 1.165) is 15.8 Å². The molecule has 0 aliphatic carbocycles. The van der Waals surface area contributed by atoms with Gasteiger partial charge in [-0.1, -0.05) is 15.9 Å². The van der Waals surface area contributed by atoms with E-state index in [2.05, 4.69) is 20.9 Å². The molecule has 0 aliphatic rings. The Morgan fingerprint density at radius 1 is 1.12 bits per heavy atom. The molecule has 16 heavy (non-hydrogen) atoms. The summed E-state index contributed by atoms with van der Waals surface area (Å²) in [5.74, 6) is 1.90. The summed E-state index contributed by atoms with van der Waals surface area (Å²) in [7, 11) is 0. The van der Waals surface area contributed by atoms with Gasteiger partial charge in [0.25, 0.3) is 0 Å². The van der Waals surface area contributed by atoms with Crippen molar-refractivity contribution in [3.63, 3.8) is 0 Å². The summed E-state index contributed by atoms with van der Waals surface area (Å²) in [4.78, 5) is 4.05. The highest BCUT2D eigenvalue weighted by Crippen LogP contribution is 2.23. The lowest BCUT2D eigenvalue weighted by atomic mass is 10.3. The van der Waals surface area contributed by atoms with Crippen LogP contribution in [0.2, 0.25) is 0 Å². The standard InChI is InChI=1S/C12H9BrClNO/c13-10-1-3-11(4-2-10)16-12-5-9(6-14)7-15-8-12/h1-5,7-8H,6H2. The summed E-state index contributed by atoms with van der Waals surface area (Å²) in [6, 6.07) is 9.50. The first-order chi connectivity index (χ1) is 7.78. The van der Waals surface area contributed by atoms with Crippen LogP contribution in [0.15, 0.2) is 47.2 Å². The summed E-state index contributed by atoms with van der Waals surface area (Å²) in [6.45, 7) is 0. The normalized spacial score (nSPS) is 10.1. The lowest BCUT2D eigenvalue weighted by molar-refractivity contribution is 0.479. The average Bonchev–Trinajstić information content (AvgIpc) is 2.32. The molecule has 0 aliphatic heterocycles. The van der Waals surface area contributed by atoms with Gasteiger partial charge in [0.2, 0.25) is 0 Å². The van der Waals surface area contributed by atoms with E-state index >= 15 is 0 Å². The number of nitrogens with zero attached hydrogens (tertiary/aromatic N) is 1. The Balaban J connectivity index is 2.16. The van der Waals surface area contributed by atoms with Gasteiger partial charge in [-0.3, -0.25) is 4.98 Å². The molecule has 0 bridgehead atoms. The molecular formula is C12H9BrClNO. The zero-order valence-electron chi connectivity index (χ0n) is 8.36. The number of pyridine rings is 1. The van der Waals surface area contributed by atoms with E-state index in [1.165, 1.54) is 0 Å². The predicted molar refractivity (Wildman–Crippen MR) is 68.0 cm³/mol. The highest BCUT2D eigenvalue weighted by Gasteiger charge is 1.99. The van der Waals surface area contributed by atoms with Gasteiger partial charge in [0, 0.05) is 16.5 Å². The number of ether oxygens (including phenoxy) is 1. The van der Waals surface area contributed by atoms with E-state index in [-0.39, 0.29) is 0 Å². The van der Waals surface area contributed by atoms with Crippen molar-refractivity contribution in [2.45, 2.75) is 5.88 Å². The number of alkyl halides is 1. The molecule has 1 aromatic heterocycles. The highest BCUT2D eigenvalue weighted by molar-refractivity contribution is 9.10. The lowest BCUT2D eigenvalue weighted by Crippen LogP contribution is -1.87. The van der Waals surface area contributed by atoms with Crippen molar-refractivity contribution in [2.75, 3.05) is 0 Å². The van der Waals surface area contributed by atoms with Gasteiger partial charge in [0.1, 0.15) is 11.5 Å². The summed E-state index contributed by atoms with van der Waals surface area (Å²) in [5, 5.41) is 0. The second kappa shape index (κ2) is 5.32. The molecule has 0 amide bonds. The molecule has 82 valence electrons. The van der Waals surface area contributed by atoms with Gasteiger partial charge in [-0.05, 0) is 35.9 Å². The van der Waals surface area contributed by atoms with Crippen molar-refractivity contribution in [3.05, 3.63) is 52.8 Å². The molecule has 0 saturated heterocycles. The SMILES string of the molecule is ClCc1cncc(Oc2ccc(Br)cc2)c1. The summed E-state index contributed by atoms with van der Waals surface area (Å²) in [5.41, 5.74) is 0.941. The molecule has 1 heterocycles. The van der Waals surface area contributed by atoms with Crippen LogP contribution in [0.5, 0.6) is 11.5 Å². The minimum atomic E-state index is 0.435. The van der Waals surface area contributed by atoms with Crippen molar-refractivity contribution in [2.24, 2.45) is 0 Å². The third-order valence-electron chi connectivity index (χ3n) is 1.97. The summed E-state index contributed by atoms with van der Waals surface area (Å²) in [6.07, 6.45) is 3.39. The molecule has 1 aromatic carbocycles. The molecular weight excluding hydrogens is 289 g/mol. The van der Waals surface area contributed by atoms with Gasteiger partial charge in [-0.2, -0.15) is 0 Å². The molecule has 2 aromatic rings. The molecule has 0 atom stereocenters. The molecule has 4 heteroatoms. The number of rotatable bonds is 3. The zero-order valence-corrected chi connectivity index (χ0v) is 10.7. The molecule has 0 N–H and O–H groups in total. The van der Waals surface area contributed by atoms with E-state index < -0.39 is 0 Å². The minimum Gasteiger partial charge on any atom is -0.456 e. The topological polar surface area (TPSA) is 22.1 Å². The third-order valence-corrected chi connectivity index (χ3v) is 2.81. The third kappa shape index (κ3) is 2.97. The number of aromatic nitrogens is 1. The highest BCUT2D eigenvalue weighted by atomic mass is 79.9. The van der Waals surface area contributed by atoms with Gasteiger partial charge in [-0.25, -0.2) is 0 Å². The van der Waals surface area contributed by atoms with Crippen LogP contribution in [0.4, 0.5) is 0 Å². The van der Waals surface area contributed by atoms with Crippen molar-refractivity contribution in [3.8, 4) is 11.5 Å². The van der Waals surface area contributed by atoms with Gasteiger partial charge >= 0.3 is 0 Å². The maximum absolute atomic E-state index is 5.72. The molecule has 0 spiro atoms. The first-order valence-electron chi connectivity index (χ1n) is 4.71. The largest absolute Gasteiger partial charge is 0.456 e. The number of halogens is 2. The Morgan fingerprint density at radius 3 is 2.56 bits per heavy atom. The molecule has 0 fully saturated rings. The second-order valence-electron chi connectivity index (χ2n) is 3.22. The van der Waals surface area contributed by atoms with Gasteiger partial charge in [0.15, 0.2) is 0 Å². The fourth-order valence-electron chi connectivity index (χ4n) is 1.23. The van der Waals surface area contributed by atoms with E-state index in [1.54, 1.807) is 12.4 Å². The minimum absolute atomic E-state index is 0.435. The van der Waals surface area contributed by atoms with Gasteiger partial charge < -0.3 is 4.74 Å². The Morgan fingerprint density at radius 2 is 1.88 bits per heavy atom. The van der Waals surface area contributed by atoms with Crippen LogP contribution in [-0.4, -0.2) is 4.98 Å². The lowest BCUT2D eigenvalue weighted by Gasteiger charge is -2.05. The summed E-state index contributed by atoms with van der Waals surface area (Å²) >= 11 is 9.09. The molecule has 2 nitrogen and oxygen atoms in total. The van der Waals surface area contributed by atoms with Gasteiger partial charge in [-0.15, -0.1) is 11.6 Å². The Hall–Kier alpha value is -1.06. The van der Waals surface area contributed by atoms with E-state index in [1.807, 2.05) is 30.3 Å². The molecule has 0 radical (unpaired) electrons. The summed E-state index contributed by atoms with van der Waals surface area (Å²) < 4.78 is 6.65. The van der Waals surface area contributed by atoms with Crippen LogP contribution >= 0.6 is 27.5 Å². The smallest absolute Gasteiger partial charge is 0.146 e. The maximum Gasteiger partial charge on any atom is 0.146 e. The van der Waals surface area contributed by atoms with Crippen molar-refractivity contribution in [1.29, 1.82) is 0 Å². The first kappa shape index (κ1) is 11.4. The molecule has 0 unspecified atom stereocenters. The van der Waals surface area contributed by atoms with Gasteiger partial charge in [0.05, 0.1) is 6.20 Å². The monoisotopic (exact) mass is 297 g/mol. The molecule has 0 saturated carbocycles. The van der Waals surface area contributed by atoms with Crippen LogP contribution in [-0.2, 0) is 5.88 Å². The fraction of sp³-hybridized carbons (Fsp3) is 0.0833. The van der Waals surface area contributed by atoms with Crippen LogP contribution in [0.1, 0.15) is 5.56 Å². The van der Waals surface area contributed by atoms with Crippen LogP contribution in [0.25, 0.3) is 0 Å². The van der Waals surface area contributed by atoms with Crippen molar-refractivity contribution < 1.29 is 4.74 Å². The zero-order chi connectivity index (χ0) is 11.4. The van der Waals surface area contributed by atoms with Crippen molar-refractivity contribution in [1.82, 2.24) is 4.98 Å². The Labute approximate surface area is 107 Å². The fourth-order valence-corrected chi connectivity index (χ4v) is 1.64. The van der Waals surface area contributed by atoms with E-state index in [0.29, 0.717) is 11.6 Å². The van der Waals surface area contributed by atoms with Crippen LogP contribution < -0.4 is 4.74 Å². The number of benzene rings is 1. The van der Waals surface area contributed by atoms with Crippen LogP contribution in [0, 0.1) is 0 Å². The Kier molecular flexibility index (Phi) is 3.80. The van der Waals surface area contributed by atoms with E-state index in [4.69, 9.17) is 16.3 Å². The Bertz CT molecular complexity index is 473. The molecule has 2 rings (SSSR count). The van der Waals surface area contributed by atoms with E-state index in [9.17, 15) is 0 Å². The predicted octanol–water partition coefficient (Wildman–Crippen LogP) is 4.38. The average molecular weight is 299 g/mol. The van der Waals surface area contributed by atoms with Crippen LogP contribution in [0.3, 0.4) is 0 Å².